The van der Waals surface area contributed by atoms with E-state index in [4.69, 9.17) is 0 Å². The zero-order chi connectivity index (χ0) is 29.0. The van der Waals surface area contributed by atoms with Crippen molar-refractivity contribution in [3.8, 4) is 11.8 Å². The largest absolute Gasteiger partial charge is 0.573 e. The van der Waals surface area contributed by atoms with Crippen LogP contribution in [0.1, 0.15) is 33.5 Å². The fourth-order valence-electron chi connectivity index (χ4n) is 4.39. The van der Waals surface area contributed by atoms with E-state index >= 15 is 0 Å². The first kappa shape index (κ1) is 28.2. The normalized spacial score (nSPS) is 18.4. The lowest BCUT2D eigenvalue weighted by molar-refractivity contribution is -0.274. The van der Waals surface area contributed by atoms with Crippen molar-refractivity contribution in [2.75, 3.05) is 13.1 Å². The number of rotatable bonds is 7. The summed E-state index contributed by atoms with van der Waals surface area (Å²) in [5, 5.41) is 12.3. The molecule has 1 atom stereocenters. The maximum absolute atomic E-state index is 14.5. The number of nitriles is 1. The Balaban J connectivity index is 1.47. The van der Waals surface area contributed by atoms with E-state index in [2.05, 4.69) is 15.0 Å². The van der Waals surface area contributed by atoms with Gasteiger partial charge in [-0.05, 0) is 29.3 Å². The fourth-order valence-corrected chi connectivity index (χ4v) is 4.39. The van der Waals surface area contributed by atoms with Crippen molar-refractivity contribution >= 4 is 24.0 Å². The van der Waals surface area contributed by atoms with Gasteiger partial charge in [-0.15, -0.1) is 13.2 Å². The maximum atomic E-state index is 14.5. The van der Waals surface area contributed by atoms with Gasteiger partial charge in [-0.2, -0.15) is 5.26 Å². The van der Waals surface area contributed by atoms with E-state index in [1.165, 1.54) is 54.9 Å². The van der Waals surface area contributed by atoms with Crippen molar-refractivity contribution in [3.63, 3.8) is 0 Å². The van der Waals surface area contributed by atoms with Gasteiger partial charge in [0, 0.05) is 23.5 Å². The minimum absolute atomic E-state index is 0.109. The van der Waals surface area contributed by atoms with Gasteiger partial charge in [0.15, 0.2) is 5.54 Å². The molecule has 1 aliphatic rings. The molecule has 0 aliphatic carbocycles. The van der Waals surface area contributed by atoms with Crippen molar-refractivity contribution in [1.29, 1.82) is 5.26 Å². The number of aromatic nitrogens is 1. The molecule has 1 aliphatic heterocycles. The van der Waals surface area contributed by atoms with Crippen LogP contribution in [0.3, 0.4) is 0 Å². The molecule has 0 radical (unpaired) electrons. The molecule has 0 bridgehead atoms. The topological polar surface area (TPSA) is 95.3 Å². The molecule has 0 spiro atoms. The first-order valence-corrected chi connectivity index (χ1v) is 11.8. The number of amides is 2. The van der Waals surface area contributed by atoms with E-state index in [-0.39, 0.29) is 16.9 Å². The van der Waals surface area contributed by atoms with Crippen LogP contribution in [0.4, 0.5) is 22.0 Å². The van der Waals surface area contributed by atoms with Crippen LogP contribution in [0, 0.1) is 11.3 Å². The van der Waals surface area contributed by atoms with Gasteiger partial charge in [0.25, 0.3) is 11.8 Å². The van der Waals surface area contributed by atoms with Crippen LogP contribution >= 0.6 is 0 Å². The lowest BCUT2D eigenvalue weighted by atomic mass is 9.88. The molecule has 4 rings (SSSR count). The second kappa shape index (κ2) is 11.1. The predicted octanol–water partition coefficient (Wildman–Crippen LogP) is 5.17. The Morgan fingerprint density at radius 2 is 1.77 bits per heavy atom. The van der Waals surface area contributed by atoms with Gasteiger partial charge >= 0.3 is 6.36 Å². The Labute approximate surface area is 225 Å². The molecule has 2 aromatic carbocycles. The highest BCUT2D eigenvalue weighted by Crippen LogP contribution is 2.45. The number of hydrogen-bond acceptors (Lipinski definition) is 5. The lowest BCUT2D eigenvalue weighted by Gasteiger charge is -2.32. The molecule has 12 heteroatoms. The quantitative estimate of drug-likeness (QED) is 0.406. The summed E-state index contributed by atoms with van der Waals surface area (Å²) in [5.74, 6) is -5.24. The lowest BCUT2D eigenvalue weighted by Crippen LogP contribution is -2.48. The molecule has 2 amide bonds. The first-order chi connectivity index (χ1) is 18.9. The molecule has 7 nitrogen and oxygen atoms in total. The number of carbonyl (C=O) groups is 2. The third-order valence-corrected chi connectivity index (χ3v) is 6.17. The Morgan fingerprint density at radius 1 is 1.07 bits per heavy atom. The summed E-state index contributed by atoms with van der Waals surface area (Å²) in [7, 11) is 0. The number of benzene rings is 2. The number of alkyl halides is 5. The van der Waals surface area contributed by atoms with Gasteiger partial charge in [0.2, 0.25) is 5.91 Å². The molecular formula is C28H21F5N4O3. The minimum Gasteiger partial charge on any atom is -0.406 e. The van der Waals surface area contributed by atoms with Crippen molar-refractivity contribution in [1.82, 2.24) is 15.2 Å². The monoisotopic (exact) mass is 556 g/mol. The van der Waals surface area contributed by atoms with E-state index in [1.807, 2.05) is 6.07 Å². The van der Waals surface area contributed by atoms with Crippen molar-refractivity contribution in [2.24, 2.45) is 0 Å². The van der Waals surface area contributed by atoms with Crippen LogP contribution in [0.5, 0.6) is 5.75 Å². The number of nitrogens with one attached hydrogen (secondary N) is 1. The van der Waals surface area contributed by atoms with Gasteiger partial charge < -0.3 is 15.0 Å². The van der Waals surface area contributed by atoms with Crippen molar-refractivity contribution < 1.29 is 36.3 Å². The number of hydrogen-bond donors (Lipinski definition) is 1. The highest BCUT2D eigenvalue weighted by atomic mass is 19.4. The molecule has 1 fully saturated rings. The summed E-state index contributed by atoms with van der Waals surface area (Å²) in [6, 6.07) is 16.1. The average Bonchev–Trinajstić information content (AvgIpc) is 3.22. The first-order valence-electron chi connectivity index (χ1n) is 11.8. The smallest absolute Gasteiger partial charge is 0.406 e. The molecule has 1 saturated heterocycles. The Kier molecular flexibility index (Phi) is 7.86. The summed E-state index contributed by atoms with van der Waals surface area (Å²) in [6.45, 7) is -1.61. The van der Waals surface area contributed by atoms with Crippen molar-refractivity contribution in [2.45, 2.75) is 24.2 Å². The minimum atomic E-state index is -4.82. The van der Waals surface area contributed by atoms with E-state index in [9.17, 15) is 36.8 Å². The molecule has 1 aromatic heterocycles. The summed E-state index contributed by atoms with van der Waals surface area (Å²) >= 11 is 0. The van der Waals surface area contributed by atoms with Gasteiger partial charge in [0.05, 0.1) is 25.6 Å². The standard InChI is InChI=1S/C28H21F5N4O3/c29-27(30)16-26(17-34,21-4-2-1-3-5-21)37(18-27)24(38)15-36-25(39)23-12-13-35-14-20(23)9-6-19-7-10-22(11-8-19)40-28(31,32)33/h1-14H,15-16,18H2,(H,36,39)/b9-6+/t26-/m0/s1. The molecule has 0 saturated carbocycles. The highest BCUT2D eigenvalue weighted by Gasteiger charge is 2.58. The SMILES string of the molecule is N#C[C@]1(c2ccccc2)CC(F)(F)CN1C(=O)CNC(=O)c1ccncc1/C=C/c1ccc(OC(F)(F)F)cc1. The average molecular weight is 556 g/mol. The Morgan fingerprint density at radius 3 is 2.42 bits per heavy atom. The zero-order valence-electron chi connectivity index (χ0n) is 20.7. The van der Waals surface area contributed by atoms with Crippen LogP contribution in [-0.4, -0.2) is 47.1 Å². The van der Waals surface area contributed by atoms with Crippen LogP contribution in [0.15, 0.2) is 73.1 Å². The van der Waals surface area contributed by atoms with Gasteiger partial charge in [-0.25, -0.2) is 8.78 Å². The molecule has 40 heavy (non-hydrogen) atoms. The summed E-state index contributed by atoms with van der Waals surface area (Å²) in [4.78, 5) is 30.7. The molecule has 2 heterocycles. The van der Waals surface area contributed by atoms with Crippen LogP contribution in [0.25, 0.3) is 12.2 Å². The van der Waals surface area contributed by atoms with Crippen molar-refractivity contribution in [3.05, 3.63) is 95.3 Å². The summed E-state index contributed by atoms with van der Waals surface area (Å²) in [6.07, 6.45) is 0.0526. The van der Waals surface area contributed by atoms with Gasteiger partial charge in [0.1, 0.15) is 5.75 Å². The molecule has 3 aromatic rings. The third-order valence-electron chi connectivity index (χ3n) is 6.17. The van der Waals surface area contributed by atoms with E-state index in [1.54, 1.807) is 18.2 Å². The molecule has 1 N–H and O–H groups in total. The van der Waals surface area contributed by atoms with Crippen LogP contribution in [-0.2, 0) is 10.3 Å². The van der Waals surface area contributed by atoms with Gasteiger partial charge in [-0.1, -0.05) is 54.6 Å². The summed E-state index contributed by atoms with van der Waals surface area (Å²) in [5.41, 5.74) is -0.709. The fraction of sp³-hybridized carbons (Fsp3) is 0.214. The predicted molar refractivity (Wildman–Crippen MR) is 134 cm³/mol. The number of pyridine rings is 1. The Bertz CT molecular complexity index is 1450. The van der Waals surface area contributed by atoms with E-state index in [0.29, 0.717) is 11.1 Å². The van der Waals surface area contributed by atoms with E-state index < -0.39 is 49.1 Å². The highest BCUT2D eigenvalue weighted by molar-refractivity contribution is 6.00. The number of ether oxygens (including phenoxy) is 1. The Hall–Kier alpha value is -4.79. The molecular weight excluding hydrogens is 535 g/mol. The van der Waals surface area contributed by atoms with E-state index in [0.717, 1.165) is 17.0 Å². The molecule has 0 unspecified atom stereocenters. The number of carbonyl (C=O) groups excluding carboxylic acids is 2. The van der Waals surface area contributed by atoms with Crippen LogP contribution in [0.2, 0.25) is 0 Å². The number of likely N-dealkylation sites (tertiary alicyclic amines) is 1. The maximum Gasteiger partial charge on any atom is 0.573 e. The summed E-state index contributed by atoms with van der Waals surface area (Å²) < 4.78 is 69.8. The molecule has 206 valence electrons. The van der Waals surface area contributed by atoms with Crippen LogP contribution < -0.4 is 10.1 Å². The second-order valence-corrected chi connectivity index (χ2v) is 8.95. The van der Waals surface area contributed by atoms with Gasteiger partial charge in [-0.3, -0.25) is 14.6 Å². The number of nitrogens with zero attached hydrogens (tertiary/aromatic N) is 3. The third kappa shape index (κ3) is 6.43. The number of halogens is 5. The second-order valence-electron chi connectivity index (χ2n) is 8.95. The zero-order valence-corrected chi connectivity index (χ0v) is 20.7.